The maximum absolute atomic E-state index is 4.28. The highest BCUT2D eigenvalue weighted by molar-refractivity contribution is 7.03. The van der Waals surface area contributed by atoms with E-state index in [0.29, 0.717) is 6.04 Å². The van der Waals surface area contributed by atoms with Gasteiger partial charge in [-0.15, -0.1) is 0 Å². The molecule has 2 heterocycles. The fourth-order valence-corrected chi connectivity index (χ4v) is 1.91. The van der Waals surface area contributed by atoms with E-state index in [1.165, 1.54) is 30.1 Å². The molecule has 2 nitrogen and oxygen atoms in total. The van der Waals surface area contributed by atoms with Gasteiger partial charge in [0.05, 0.1) is 11.7 Å². The van der Waals surface area contributed by atoms with Crippen molar-refractivity contribution in [1.29, 1.82) is 0 Å². The number of aromatic nitrogens is 1. The summed E-state index contributed by atoms with van der Waals surface area (Å²) in [6, 6.07) is 2.65. The molecule has 0 bridgehead atoms. The molecular weight excluding hydrogens is 144 g/mol. The van der Waals surface area contributed by atoms with Gasteiger partial charge in [-0.1, -0.05) is 0 Å². The van der Waals surface area contributed by atoms with Crippen LogP contribution in [0.25, 0.3) is 0 Å². The van der Waals surface area contributed by atoms with Gasteiger partial charge < -0.3 is 5.32 Å². The minimum absolute atomic E-state index is 0.547. The van der Waals surface area contributed by atoms with E-state index in [2.05, 4.69) is 15.8 Å². The van der Waals surface area contributed by atoms with Crippen LogP contribution in [0.1, 0.15) is 24.6 Å². The Labute approximate surface area is 64.4 Å². The Balaban J connectivity index is 2.12. The first-order valence-corrected chi connectivity index (χ1v) is 4.44. The molecule has 1 aliphatic heterocycles. The summed E-state index contributed by atoms with van der Waals surface area (Å²) >= 11 is 1.54. The molecule has 2 rings (SSSR count). The molecular formula is C7H10N2S. The average molecular weight is 154 g/mol. The Bertz CT molecular complexity index is 189. The first-order chi connectivity index (χ1) is 4.97. The third-order valence-corrected chi connectivity index (χ3v) is 2.45. The van der Waals surface area contributed by atoms with Gasteiger partial charge in [0.15, 0.2) is 0 Å². The van der Waals surface area contributed by atoms with Crippen LogP contribution in [0.15, 0.2) is 11.4 Å². The van der Waals surface area contributed by atoms with Gasteiger partial charge in [-0.05, 0) is 37.0 Å². The van der Waals surface area contributed by atoms with Crippen molar-refractivity contribution < 1.29 is 0 Å². The van der Waals surface area contributed by atoms with E-state index in [0.717, 1.165) is 6.54 Å². The van der Waals surface area contributed by atoms with Crippen molar-refractivity contribution in [2.24, 2.45) is 0 Å². The van der Waals surface area contributed by atoms with Gasteiger partial charge in [0, 0.05) is 5.38 Å². The zero-order chi connectivity index (χ0) is 6.81. The molecule has 0 aliphatic carbocycles. The van der Waals surface area contributed by atoms with E-state index < -0.39 is 0 Å². The van der Waals surface area contributed by atoms with Crippen molar-refractivity contribution in [1.82, 2.24) is 9.69 Å². The molecule has 1 unspecified atom stereocenters. The lowest BCUT2D eigenvalue weighted by atomic mass is 10.2. The maximum Gasteiger partial charge on any atom is 0.0711 e. The van der Waals surface area contributed by atoms with Gasteiger partial charge in [-0.25, -0.2) is 0 Å². The molecule has 1 N–H and O–H groups in total. The van der Waals surface area contributed by atoms with Gasteiger partial charge in [0.2, 0.25) is 0 Å². The Morgan fingerprint density at radius 2 is 2.70 bits per heavy atom. The zero-order valence-corrected chi connectivity index (χ0v) is 6.53. The smallest absolute Gasteiger partial charge is 0.0711 e. The Hall–Kier alpha value is -0.410. The summed E-state index contributed by atoms with van der Waals surface area (Å²) in [5.74, 6) is 0. The second-order valence-electron chi connectivity index (χ2n) is 2.57. The van der Waals surface area contributed by atoms with Gasteiger partial charge in [0.1, 0.15) is 0 Å². The van der Waals surface area contributed by atoms with Crippen molar-refractivity contribution in [2.75, 3.05) is 6.54 Å². The highest BCUT2D eigenvalue weighted by Crippen LogP contribution is 2.21. The molecule has 1 saturated heterocycles. The SMILES string of the molecule is c1cc(C2CCCN2)ns1. The summed E-state index contributed by atoms with van der Waals surface area (Å²) in [6.45, 7) is 1.15. The number of rotatable bonds is 1. The molecule has 0 aromatic carbocycles. The zero-order valence-electron chi connectivity index (χ0n) is 5.71. The Morgan fingerprint density at radius 3 is 3.30 bits per heavy atom. The summed E-state index contributed by atoms with van der Waals surface area (Å²) in [6.07, 6.45) is 2.55. The molecule has 0 saturated carbocycles. The number of nitrogens with one attached hydrogen (secondary N) is 1. The maximum atomic E-state index is 4.28. The molecule has 1 atom stereocenters. The molecule has 1 aromatic rings. The first-order valence-electron chi connectivity index (χ1n) is 3.60. The Kier molecular flexibility index (Phi) is 1.69. The predicted octanol–water partition coefficient (Wildman–Crippen LogP) is 1.57. The van der Waals surface area contributed by atoms with E-state index in [1.807, 2.05) is 5.38 Å². The molecule has 0 radical (unpaired) electrons. The minimum Gasteiger partial charge on any atom is -0.309 e. The largest absolute Gasteiger partial charge is 0.309 e. The van der Waals surface area contributed by atoms with Gasteiger partial charge in [-0.3, -0.25) is 0 Å². The van der Waals surface area contributed by atoms with E-state index in [1.54, 1.807) is 0 Å². The lowest BCUT2D eigenvalue weighted by molar-refractivity contribution is 0.635. The van der Waals surface area contributed by atoms with Crippen molar-refractivity contribution in [2.45, 2.75) is 18.9 Å². The monoisotopic (exact) mass is 154 g/mol. The quantitative estimate of drug-likeness (QED) is 0.664. The molecule has 3 heteroatoms. The lowest BCUT2D eigenvalue weighted by Crippen LogP contribution is -2.12. The van der Waals surface area contributed by atoms with Crippen molar-refractivity contribution in [3.8, 4) is 0 Å². The van der Waals surface area contributed by atoms with Gasteiger partial charge in [0.25, 0.3) is 0 Å². The fourth-order valence-electron chi connectivity index (χ4n) is 1.34. The third kappa shape index (κ3) is 1.07. The number of nitrogens with zero attached hydrogens (tertiary/aromatic N) is 1. The first kappa shape index (κ1) is 6.31. The average Bonchev–Trinajstić information content (AvgIpc) is 2.59. The van der Waals surface area contributed by atoms with Crippen molar-refractivity contribution in [3.63, 3.8) is 0 Å². The normalized spacial score (nSPS) is 25.4. The van der Waals surface area contributed by atoms with E-state index in [9.17, 15) is 0 Å². The highest BCUT2D eigenvalue weighted by Gasteiger charge is 2.16. The molecule has 1 aliphatic rings. The molecule has 0 amide bonds. The molecule has 1 fully saturated rings. The van der Waals surface area contributed by atoms with E-state index in [4.69, 9.17) is 0 Å². The summed E-state index contributed by atoms with van der Waals surface area (Å²) in [7, 11) is 0. The predicted molar refractivity (Wildman–Crippen MR) is 42.1 cm³/mol. The number of hydrogen-bond acceptors (Lipinski definition) is 3. The molecule has 1 aromatic heterocycles. The number of hydrogen-bond donors (Lipinski definition) is 1. The van der Waals surface area contributed by atoms with Crippen LogP contribution in [0, 0.1) is 0 Å². The van der Waals surface area contributed by atoms with Crippen LogP contribution in [-0.4, -0.2) is 10.9 Å². The third-order valence-electron chi connectivity index (χ3n) is 1.88. The molecule has 10 heavy (non-hydrogen) atoms. The highest BCUT2D eigenvalue weighted by atomic mass is 32.1. The molecule has 0 spiro atoms. The van der Waals surface area contributed by atoms with E-state index >= 15 is 0 Å². The van der Waals surface area contributed by atoms with Crippen LogP contribution in [0.3, 0.4) is 0 Å². The van der Waals surface area contributed by atoms with Gasteiger partial charge in [-0.2, -0.15) is 4.37 Å². The summed E-state index contributed by atoms with van der Waals surface area (Å²) < 4.78 is 4.28. The lowest BCUT2D eigenvalue weighted by Gasteiger charge is -2.03. The van der Waals surface area contributed by atoms with Crippen molar-refractivity contribution in [3.05, 3.63) is 17.1 Å². The van der Waals surface area contributed by atoms with Crippen LogP contribution in [0.5, 0.6) is 0 Å². The van der Waals surface area contributed by atoms with Gasteiger partial charge >= 0.3 is 0 Å². The van der Waals surface area contributed by atoms with Crippen LogP contribution in [0.2, 0.25) is 0 Å². The summed E-state index contributed by atoms with van der Waals surface area (Å²) in [5, 5.41) is 5.44. The van der Waals surface area contributed by atoms with Crippen LogP contribution < -0.4 is 5.32 Å². The second kappa shape index (κ2) is 2.68. The molecule has 54 valence electrons. The van der Waals surface area contributed by atoms with Crippen molar-refractivity contribution >= 4 is 11.5 Å². The van der Waals surface area contributed by atoms with Crippen LogP contribution >= 0.6 is 11.5 Å². The standard InChI is InChI=1S/C7H10N2S/c1-2-6(8-4-1)7-3-5-10-9-7/h3,5-6,8H,1-2,4H2. The fraction of sp³-hybridized carbons (Fsp3) is 0.571. The summed E-state index contributed by atoms with van der Waals surface area (Å²) in [4.78, 5) is 0. The summed E-state index contributed by atoms with van der Waals surface area (Å²) in [5.41, 5.74) is 1.22. The second-order valence-corrected chi connectivity index (χ2v) is 3.24. The van der Waals surface area contributed by atoms with Crippen LogP contribution in [-0.2, 0) is 0 Å². The van der Waals surface area contributed by atoms with E-state index in [-0.39, 0.29) is 0 Å². The Morgan fingerprint density at radius 1 is 1.70 bits per heavy atom. The minimum atomic E-state index is 0.547. The van der Waals surface area contributed by atoms with Crippen LogP contribution in [0.4, 0.5) is 0 Å². The topological polar surface area (TPSA) is 24.9 Å².